The van der Waals surface area contributed by atoms with Crippen LogP contribution in [0.15, 0.2) is 36.0 Å². The monoisotopic (exact) mass is 248 g/mol. The van der Waals surface area contributed by atoms with Crippen molar-refractivity contribution < 1.29 is 8.78 Å². The standard InChI is InChI=1S/C12H6F2N2S/c13-8-3-7(4-9(14)5-8)11-12-10(1-2-17-12)15-6-16-11/h1-6H. The number of halogens is 2. The van der Waals surface area contributed by atoms with E-state index >= 15 is 0 Å². The maximum absolute atomic E-state index is 13.2. The van der Waals surface area contributed by atoms with Crippen LogP contribution in [0.1, 0.15) is 0 Å². The molecule has 0 atom stereocenters. The molecule has 5 heteroatoms. The molecule has 0 bridgehead atoms. The predicted octanol–water partition coefficient (Wildman–Crippen LogP) is 3.64. The van der Waals surface area contributed by atoms with Gasteiger partial charge in [-0.2, -0.15) is 0 Å². The molecule has 0 fully saturated rings. The van der Waals surface area contributed by atoms with Crippen LogP contribution in [0.4, 0.5) is 8.78 Å². The molecule has 17 heavy (non-hydrogen) atoms. The van der Waals surface area contributed by atoms with Gasteiger partial charge in [-0.05, 0) is 23.6 Å². The van der Waals surface area contributed by atoms with Gasteiger partial charge in [0.1, 0.15) is 18.0 Å². The lowest BCUT2D eigenvalue weighted by atomic mass is 10.1. The van der Waals surface area contributed by atoms with Crippen molar-refractivity contribution in [2.24, 2.45) is 0 Å². The van der Waals surface area contributed by atoms with Crippen LogP contribution in [0.5, 0.6) is 0 Å². The topological polar surface area (TPSA) is 25.8 Å². The summed E-state index contributed by atoms with van der Waals surface area (Å²) in [7, 11) is 0. The molecule has 0 saturated heterocycles. The highest BCUT2D eigenvalue weighted by atomic mass is 32.1. The van der Waals surface area contributed by atoms with Crippen LogP contribution >= 0.6 is 11.3 Å². The van der Waals surface area contributed by atoms with E-state index in [2.05, 4.69) is 9.97 Å². The average Bonchev–Trinajstić information content (AvgIpc) is 2.75. The first-order chi connectivity index (χ1) is 8.24. The Hall–Kier alpha value is -1.88. The third-order valence-corrected chi connectivity index (χ3v) is 3.29. The lowest BCUT2D eigenvalue weighted by molar-refractivity contribution is 0.584. The Morgan fingerprint density at radius 3 is 2.53 bits per heavy atom. The molecule has 3 aromatic rings. The Labute approximate surface area is 99.6 Å². The maximum atomic E-state index is 13.2. The summed E-state index contributed by atoms with van der Waals surface area (Å²) in [5.41, 5.74) is 1.77. The SMILES string of the molecule is Fc1cc(F)cc(-c2ncnc3ccsc23)c1. The summed E-state index contributed by atoms with van der Waals surface area (Å²) < 4.78 is 27.2. The molecule has 0 saturated carbocycles. The van der Waals surface area contributed by atoms with Crippen molar-refractivity contribution in [3.05, 3.63) is 47.6 Å². The third-order valence-electron chi connectivity index (χ3n) is 2.38. The highest BCUT2D eigenvalue weighted by Gasteiger charge is 2.09. The van der Waals surface area contributed by atoms with Gasteiger partial charge in [0, 0.05) is 11.6 Å². The molecule has 3 rings (SSSR count). The van der Waals surface area contributed by atoms with Gasteiger partial charge in [0.25, 0.3) is 0 Å². The van der Waals surface area contributed by atoms with Crippen molar-refractivity contribution in [1.82, 2.24) is 9.97 Å². The van der Waals surface area contributed by atoms with E-state index < -0.39 is 11.6 Å². The van der Waals surface area contributed by atoms with E-state index in [-0.39, 0.29) is 0 Å². The summed E-state index contributed by atoms with van der Waals surface area (Å²) in [6, 6.07) is 5.23. The molecule has 84 valence electrons. The van der Waals surface area contributed by atoms with Crippen LogP contribution in [0.25, 0.3) is 21.5 Å². The lowest BCUT2D eigenvalue weighted by Crippen LogP contribution is -1.88. The largest absolute Gasteiger partial charge is 0.235 e. The van der Waals surface area contributed by atoms with Crippen molar-refractivity contribution in [3.8, 4) is 11.3 Å². The molecule has 0 aliphatic heterocycles. The molecule has 1 aromatic carbocycles. The van der Waals surface area contributed by atoms with Crippen LogP contribution in [0.2, 0.25) is 0 Å². The number of fused-ring (bicyclic) bond motifs is 1. The number of thiophene rings is 1. The summed E-state index contributed by atoms with van der Waals surface area (Å²) in [6.07, 6.45) is 1.40. The van der Waals surface area contributed by atoms with Crippen molar-refractivity contribution in [2.45, 2.75) is 0 Å². The number of nitrogens with zero attached hydrogens (tertiary/aromatic N) is 2. The minimum atomic E-state index is -0.608. The van der Waals surface area contributed by atoms with E-state index in [9.17, 15) is 8.78 Å². The number of hydrogen-bond acceptors (Lipinski definition) is 3. The van der Waals surface area contributed by atoms with Gasteiger partial charge in [-0.15, -0.1) is 11.3 Å². The smallest absolute Gasteiger partial charge is 0.126 e. The van der Waals surface area contributed by atoms with E-state index in [0.29, 0.717) is 11.3 Å². The summed E-state index contributed by atoms with van der Waals surface area (Å²) in [4.78, 5) is 8.18. The maximum Gasteiger partial charge on any atom is 0.126 e. The summed E-state index contributed by atoms with van der Waals surface area (Å²) >= 11 is 1.45. The Morgan fingerprint density at radius 2 is 1.76 bits per heavy atom. The van der Waals surface area contributed by atoms with Gasteiger partial charge in [-0.1, -0.05) is 0 Å². The zero-order chi connectivity index (χ0) is 11.8. The molecule has 2 heterocycles. The first kappa shape index (κ1) is 10.3. The molecule has 0 N–H and O–H groups in total. The van der Waals surface area contributed by atoms with Gasteiger partial charge in [0.2, 0.25) is 0 Å². The second-order valence-corrected chi connectivity index (χ2v) is 4.43. The molecular weight excluding hydrogens is 242 g/mol. The van der Waals surface area contributed by atoms with Crippen LogP contribution in [-0.4, -0.2) is 9.97 Å². The quantitative estimate of drug-likeness (QED) is 0.657. The fourth-order valence-electron chi connectivity index (χ4n) is 1.68. The highest BCUT2D eigenvalue weighted by Crippen LogP contribution is 2.29. The van der Waals surface area contributed by atoms with Crippen molar-refractivity contribution in [2.75, 3.05) is 0 Å². The molecule has 2 aromatic heterocycles. The van der Waals surface area contributed by atoms with Crippen LogP contribution < -0.4 is 0 Å². The number of rotatable bonds is 1. The second kappa shape index (κ2) is 3.85. The van der Waals surface area contributed by atoms with Crippen molar-refractivity contribution >= 4 is 21.6 Å². The average molecular weight is 248 g/mol. The number of benzene rings is 1. The molecular formula is C12H6F2N2S. The van der Waals surface area contributed by atoms with Crippen LogP contribution in [-0.2, 0) is 0 Å². The molecule has 0 amide bonds. The van der Waals surface area contributed by atoms with Crippen molar-refractivity contribution in [3.63, 3.8) is 0 Å². The van der Waals surface area contributed by atoms with Gasteiger partial charge in [-0.25, -0.2) is 18.7 Å². The highest BCUT2D eigenvalue weighted by molar-refractivity contribution is 7.17. The Balaban J connectivity index is 2.30. The normalized spacial score (nSPS) is 10.9. The van der Waals surface area contributed by atoms with Crippen LogP contribution in [0.3, 0.4) is 0 Å². The lowest BCUT2D eigenvalue weighted by Gasteiger charge is -2.02. The zero-order valence-electron chi connectivity index (χ0n) is 8.52. The Kier molecular flexibility index (Phi) is 2.33. The number of aromatic nitrogens is 2. The Bertz CT molecular complexity index is 674. The third kappa shape index (κ3) is 1.78. The molecule has 0 aliphatic rings. The van der Waals surface area contributed by atoms with E-state index in [1.54, 1.807) is 0 Å². The first-order valence-electron chi connectivity index (χ1n) is 4.89. The zero-order valence-corrected chi connectivity index (χ0v) is 9.34. The summed E-state index contributed by atoms with van der Waals surface area (Å²) in [6.45, 7) is 0. The van der Waals surface area contributed by atoms with E-state index in [4.69, 9.17) is 0 Å². The van der Waals surface area contributed by atoms with Gasteiger partial charge in [0.15, 0.2) is 0 Å². The molecule has 0 radical (unpaired) electrons. The van der Waals surface area contributed by atoms with Gasteiger partial charge in [0.05, 0.1) is 15.9 Å². The van der Waals surface area contributed by atoms with Gasteiger partial charge >= 0.3 is 0 Å². The summed E-state index contributed by atoms with van der Waals surface area (Å²) in [5, 5.41) is 1.87. The van der Waals surface area contributed by atoms with Gasteiger partial charge < -0.3 is 0 Å². The minimum absolute atomic E-state index is 0.428. The fraction of sp³-hybridized carbons (Fsp3) is 0. The first-order valence-corrected chi connectivity index (χ1v) is 5.77. The van der Waals surface area contributed by atoms with Crippen LogP contribution in [0, 0.1) is 11.6 Å². The summed E-state index contributed by atoms with van der Waals surface area (Å²) in [5.74, 6) is -1.22. The van der Waals surface area contributed by atoms with Gasteiger partial charge in [-0.3, -0.25) is 0 Å². The molecule has 2 nitrogen and oxygen atoms in total. The fourth-order valence-corrected chi connectivity index (χ4v) is 2.54. The predicted molar refractivity (Wildman–Crippen MR) is 62.8 cm³/mol. The van der Waals surface area contributed by atoms with E-state index in [1.165, 1.54) is 29.8 Å². The van der Waals surface area contributed by atoms with Crippen molar-refractivity contribution in [1.29, 1.82) is 0 Å². The Morgan fingerprint density at radius 1 is 1.00 bits per heavy atom. The molecule has 0 spiro atoms. The molecule has 0 aliphatic carbocycles. The second-order valence-electron chi connectivity index (χ2n) is 3.52. The molecule has 0 unspecified atom stereocenters. The van der Waals surface area contributed by atoms with E-state index in [1.807, 2.05) is 11.4 Å². The minimum Gasteiger partial charge on any atom is -0.235 e. The van der Waals surface area contributed by atoms with E-state index in [0.717, 1.165) is 16.3 Å². The number of hydrogen-bond donors (Lipinski definition) is 0.